The summed E-state index contributed by atoms with van der Waals surface area (Å²) < 4.78 is 17.9. The third-order valence-electron chi connectivity index (χ3n) is 3.59. The van der Waals surface area contributed by atoms with Gasteiger partial charge in [-0.25, -0.2) is 4.39 Å². The van der Waals surface area contributed by atoms with E-state index in [9.17, 15) is 18.8 Å². The van der Waals surface area contributed by atoms with Crippen molar-refractivity contribution >= 4 is 46.5 Å². The zero-order chi connectivity index (χ0) is 20.0. The highest BCUT2D eigenvalue weighted by atomic mass is 35.5. The van der Waals surface area contributed by atoms with E-state index in [0.717, 1.165) is 0 Å². The summed E-state index contributed by atoms with van der Waals surface area (Å²) in [5.41, 5.74) is 0.632. The Morgan fingerprint density at radius 2 is 1.74 bits per heavy atom. The van der Waals surface area contributed by atoms with Crippen LogP contribution in [0.4, 0.5) is 10.1 Å². The van der Waals surface area contributed by atoms with E-state index in [-0.39, 0.29) is 23.6 Å². The fourth-order valence-corrected chi connectivity index (χ4v) is 2.59. The Morgan fingerprint density at radius 3 is 2.37 bits per heavy atom. The number of Topliss-reactive ketones (excluding diaryl/α,β-unsaturated/α-hetero) is 1. The Balaban J connectivity index is 1.82. The molecule has 1 N–H and O–H groups in total. The Hall–Kier alpha value is -2.44. The Kier molecular flexibility index (Phi) is 7.33. The topological polar surface area (TPSA) is 72.5 Å². The van der Waals surface area contributed by atoms with Gasteiger partial charge in [0.05, 0.1) is 17.1 Å². The molecule has 0 radical (unpaired) electrons. The highest BCUT2D eigenvalue weighted by Gasteiger charge is 2.19. The van der Waals surface area contributed by atoms with E-state index in [1.54, 1.807) is 6.07 Å². The van der Waals surface area contributed by atoms with Crippen molar-refractivity contribution in [1.82, 2.24) is 0 Å². The largest absolute Gasteiger partial charge is 0.453 e. The molecule has 1 amide bonds. The standard InChI is InChI=1S/C19H16Cl2FNO4/c1-11(19(26)23-16-7-4-13(20)10-15(16)21)27-18(25)9-8-17(24)12-2-5-14(22)6-3-12/h2-7,10-11H,8-9H2,1H3,(H,23,26)/t11-/m1/s1. The molecule has 0 aliphatic rings. The number of carbonyl (C=O) groups excluding carboxylic acids is 3. The first-order valence-corrected chi connectivity index (χ1v) is 8.76. The molecule has 0 saturated carbocycles. The second-order valence-electron chi connectivity index (χ2n) is 5.68. The van der Waals surface area contributed by atoms with E-state index in [1.807, 2.05) is 0 Å². The van der Waals surface area contributed by atoms with Gasteiger partial charge in [-0.1, -0.05) is 23.2 Å². The van der Waals surface area contributed by atoms with Crippen LogP contribution in [0.15, 0.2) is 42.5 Å². The van der Waals surface area contributed by atoms with Gasteiger partial charge in [0.15, 0.2) is 11.9 Å². The lowest BCUT2D eigenvalue weighted by Gasteiger charge is -2.14. The van der Waals surface area contributed by atoms with Crippen LogP contribution in [0, 0.1) is 5.82 Å². The molecule has 8 heteroatoms. The van der Waals surface area contributed by atoms with Crippen molar-refractivity contribution in [3.8, 4) is 0 Å². The van der Waals surface area contributed by atoms with Gasteiger partial charge in [-0.15, -0.1) is 0 Å². The maximum absolute atomic E-state index is 12.8. The van der Waals surface area contributed by atoms with E-state index in [1.165, 1.54) is 43.3 Å². The third kappa shape index (κ3) is 6.34. The van der Waals surface area contributed by atoms with Crippen LogP contribution in [0.1, 0.15) is 30.1 Å². The number of ketones is 1. The van der Waals surface area contributed by atoms with Gasteiger partial charge in [0.2, 0.25) is 0 Å². The highest BCUT2D eigenvalue weighted by Crippen LogP contribution is 2.25. The molecule has 0 aliphatic heterocycles. The molecule has 0 aromatic heterocycles. The number of amides is 1. The molecule has 0 saturated heterocycles. The summed E-state index contributed by atoms with van der Waals surface area (Å²) in [7, 11) is 0. The second kappa shape index (κ2) is 9.48. The minimum absolute atomic E-state index is 0.109. The molecule has 0 bridgehead atoms. The van der Waals surface area contributed by atoms with E-state index >= 15 is 0 Å². The zero-order valence-corrected chi connectivity index (χ0v) is 15.8. The van der Waals surface area contributed by atoms with Gasteiger partial charge in [0.1, 0.15) is 5.82 Å². The van der Waals surface area contributed by atoms with E-state index in [0.29, 0.717) is 16.3 Å². The maximum atomic E-state index is 12.8. The van der Waals surface area contributed by atoms with Crippen LogP contribution in [0.5, 0.6) is 0 Å². The third-order valence-corrected chi connectivity index (χ3v) is 4.14. The summed E-state index contributed by atoms with van der Waals surface area (Å²) in [6, 6.07) is 9.57. The number of halogens is 3. The summed E-state index contributed by atoms with van der Waals surface area (Å²) in [4.78, 5) is 35.9. The summed E-state index contributed by atoms with van der Waals surface area (Å²) >= 11 is 11.8. The van der Waals surface area contributed by atoms with Gasteiger partial charge in [0.25, 0.3) is 5.91 Å². The van der Waals surface area contributed by atoms with Crippen LogP contribution in [-0.2, 0) is 14.3 Å². The Bertz CT molecular complexity index is 855. The average Bonchev–Trinajstić information content (AvgIpc) is 2.62. The predicted octanol–water partition coefficient (Wildman–Crippen LogP) is 4.67. The van der Waals surface area contributed by atoms with Crippen molar-refractivity contribution in [3.05, 3.63) is 63.9 Å². The van der Waals surface area contributed by atoms with Gasteiger partial charge in [-0.2, -0.15) is 0 Å². The zero-order valence-electron chi connectivity index (χ0n) is 14.3. The van der Waals surface area contributed by atoms with Crippen molar-refractivity contribution in [2.75, 3.05) is 5.32 Å². The van der Waals surface area contributed by atoms with Crippen molar-refractivity contribution in [1.29, 1.82) is 0 Å². The highest BCUT2D eigenvalue weighted by molar-refractivity contribution is 6.36. The monoisotopic (exact) mass is 411 g/mol. The number of carbonyl (C=O) groups is 3. The first-order chi connectivity index (χ1) is 12.8. The summed E-state index contributed by atoms with van der Waals surface area (Å²) in [6.45, 7) is 1.40. The molecule has 0 aliphatic carbocycles. The van der Waals surface area contributed by atoms with Crippen LogP contribution in [0.3, 0.4) is 0 Å². The number of ether oxygens (including phenoxy) is 1. The van der Waals surface area contributed by atoms with Crippen molar-refractivity contribution in [2.24, 2.45) is 0 Å². The number of hydrogen-bond donors (Lipinski definition) is 1. The average molecular weight is 412 g/mol. The van der Waals surface area contributed by atoms with Gasteiger partial charge in [-0.05, 0) is 49.4 Å². The van der Waals surface area contributed by atoms with Gasteiger partial charge in [0, 0.05) is 17.0 Å². The molecular weight excluding hydrogens is 396 g/mol. The molecule has 1 atom stereocenters. The molecule has 0 unspecified atom stereocenters. The summed E-state index contributed by atoms with van der Waals surface area (Å²) in [5.74, 6) is -2.05. The number of benzene rings is 2. The molecule has 0 fully saturated rings. The van der Waals surface area contributed by atoms with E-state index < -0.39 is 23.8 Å². The van der Waals surface area contributed by atoms with Crippen LogP contribution < -0.4 is 5.32 Å². The van der Waals surface area contributed by atoms with Gasteiger partial charge < -0.3 is 10.1 Å². The van der Waals surface area contributed by atoms with Gasteiger partial charge >= 0.3 is 5.97 Å². The molecule has 0 heterocycles. The number of rotatable bonds is 7. The fraction of sp³-hybridized carbons (Fsp3) is 0.211. The number of hydrogen-bond acceptors (Lipinski definition) is 4. The molecule has 5 nitrogen and oxygen atoms in total. The molecular formula is C19H16Cl2FNO4. The number of esters is 1. The maximum Gasteiger partial charge on any atom is 0.307 e. The number of nitrogens with one attached hydrogen (secondary N) is 1. The van der Waals surface area contributed by atoms with Crippen molar-refractivity contribution in [2.45, 2.75) is 25.9 Å². The quantitative estimate of drug-likeness (QED) is 0.530. The lowest BCUT2D eigenvalue weighted by Crippen LogP contribution is -2.30. The van der Waals surface area contributed by atoms with Crippen LogP contribution >= 0.6 is 23.2 Å². The molecule has 2 aromatic carbocycles. The van der Waals surface area contributed by atoms with Crippen molar-refractivity contribution < 1.29 is 23.5 Å². The summed E-state index contributed by atoms with van der Waals surface area (Å²) in [5, 5.41) is 3.20. The molecule has 2 rings (SSSR count). The SMILES string of the molecule is C[C@@H](OC(=O)CCC(=O)c1ccc(F)cc1)C(=O)Nc1ccc(Cl)cc1Cl. The van der Waals surface area contributed by atoms with Crippen LogP contribution in [0.2, 0.25) is 10.0 Å². The fourth-order valence-electron chi connectivity index (χ4n) is 2.13. The first-order valence-electron chi connectivity index (χ1n) is 8.00. The Labute approximate surface area is 165 Å². The minimum atomic E-state index is -1.08. The Morgan fingerprint density at radius 1 is 1.07 bits per heavy atom. The molecule has 0 spiro atoms. The molecule has 2 aromatic rings. The lowest BCUT2D eigenvalue weighted by atomic mass is 10.1. The van der Waals surface area contributed by atoms with Gasteiger partial charge in [-0.3, -0.25) is 14.4 Å². The first kappa shape index (κ1) is 20.9. The van der Waals surface area contributed by atoms with Crippen molar-refractivity contribution in [3.63, 3.8) is 0 Å². The van der Waals surface area contributed by atoms with E-state index in [4.69, 9.17) is 27.9 Å². The van der Waals surface area contributed by atoms with E-state index in [2.05, 4.69) is 5.32 Å². The molecule has 27 heavy (non-hydrogen) atoms. The number of anilines is 1. The van der Waals surface area contributed by atoms with Crippen LogP contribution in [0.25, 0.3) is 0 Å². The normalized spacial score (nSPS) is 11.6. The second-order valence-corrected chi connectivity index (χ2v) is 6.52. The minimum Gasteiger partial charge on any atom is -0.453 e. The molecule has 142 valence electrons. The van der Waals surface area contributed by atoms with Crippen LogP contribution in [-0.4, -0.2) is 23.8 Å². The predicted molar refractivity (Wildman–Crippen MR) is 101 cm³/mol. The smallest absolute Gasteiger partial charge is 0.307 e. The lowest BCUT2D eigenvalue weighted by molar-refractivity contribution is -0.153. The summed E-state index contributed by atoms with van der Waals surface area (Å²) in [6.07, 6.45) is -1.39.